The molecule has 0 aliphatic rings. The van der Waals surface area contributed by atoms with Crippen LogP contribution in [0.15, 0.2) is 12.1 Å². The maximum absolute atomic E-state index is 8.31. The van der Waals surface area contributed by atoms with Crippen molar-refractivity contribution in [2.75, 3.05) is 20.8 Å². The van der Waals surface area contributed by atoms with Gasteiger partial charge in [0.1, 0.15) is 0 Å². The molecule has 0 amide bonds. The van der Waals surface area contributed by atoms with E-state index in [-0.39, 0.29) is 13.7 Å². The third kappa shape index (κ3) is 4.21. The lowest BCUT2D eigenvalue weighted by molar-refractivity contribution is 0.289. The van der Waals surface area contributed by atoms with E-state index in [4.69, 9.17) is 14.4 Å². The minimum absolute atomic E-state index is 0.0171. The first-order valence-corrected chi connectivity index (χ1v) is 2.68. The van der Waals surface area contributed by atoms with Gasteiger partial charge in [-0.25, -0.2) is 0 Å². The van der Waals surface area contributed by atoms with Gasteiger partial charge >= 0.3 is 7.12 Å². The quantitative estimate of drug-likeness (QED) is 0.538. The lowest BCUT2D eigenvalue weighted by atomic mass is 9.90. The molecule has 4 heteroatoms. The Morgan fingerprint density at radius 2 is 2.00 bits per heavy atom. The highest BCUT2D eigenvalue weighted by molar-refractivity contribution is 6.50. The summed E-state index contributed by atoms with van der Waals surface area (Å²) in [5.74, 6) is 1.64. The van der Waals surface area contributed by atoms with Gasteiger partial charge in [0.2, 0.25) is 0 Å². The molecule has 0 saturated carbocycles. The molecule has 0 bridgehead atoms. The van der Waals surface area contributed by atoms with Crippen LogP contribution in [0, 0.1) is 0 Å². The first-order valence-electron chi connectivity index (χ1n) is 2.68. The summed E-state index contributed by atoms with van der Waals surface area (Å²) in [7, 11) is 2.74. The predicted molar refractivity (Wildman–Crippen MR) is 36.0 cm³/mol. The smallest absolute Gasteiger partial charge is 0.410 e. The van der Waals surface area contributed by atoms with Crippen LogP contribution in [0.3, 0.4) is 0 Å². The zero-order valence-corrected chi connectivity index (χ0v) is 5.70. The minimum Gasteiger partial charge on any atom is -0.410 e. The van der Waals surface area contributed by atoms with Gasteiger partial charge in [-0.3, -0.25) is 0 Å². The average Bonchev–Trinajstić information content (AvgIpc) is 1.91. The number of hydrogen-bond donors (Lipinski definition) is 1. The van der Waals surface area contributed by atoms with Gasteiger partial charge in [0.05, 0.1) is 6.61 Å². The number of hydrogen-bond acceptors (Lipinski definition) is 3. The molecule has 0 aliphatic heterocycles. The monoisotopic (exact) mass is 130 g/mol. The third-order valence-corrected chi connectivity index (χ3v) is 0.863. The molecule has 0 aromatic heterocycles. The van der Waals surface area contributed by atoms with Crippen LogP contribution in [0.25, 0.3) is 0 Å². The zero-order valence-electron chi connectivity index (χ0n) is 5.70. The summed E-state index contributed by atoms with van der Waals surface area (Å²) < 4.78 is 9.56. The molecule has 0 aromatic carbocycles. The Morgan fingerprint density at radius 1 is 1.44 bits per heavy atom. The fourth-order valence-electron chi connectivity index (χ4n) is 0.425. The van der Waals surface area contributed by atoms with Gasteiger partial charge in [-0.2, -0.15) is 0 Å². The molecule has 0 aromatic rings. The van der Waals surface area contributed by atoms with Gasteiger partial charge in [-0.15, -0.1) is 0 Å². The molecule has 9 heavy (non-hydrogen) atoms. The number of aliphatic hydroxyl groups excluding tert-OH is 1. The van der Waals surface area contributed by atoms with E-state index < -0.39 is 0 Å². The molecule has 52 valence electrons. The van der Waals surface area contributed by atoms with Crippen molar-refractivity contribution in [2.24, 2.45) is 0 Å². The standard InChI is InChI=1S/C5H11BO3/c1-8-6(9-2)4-3-5-7/h3-4,7H,5H2,1-2H3/b4-3+. The average molecular weight is 130 g/mol. The molecule has 3 nitrogen and oxygen atoms in total. The molecule has 0 atom stereocenters. The predicted octanol–water partition coefficient (Wildman–Crippen LogP) is -0.145. The maximum atomic E-state index is 8.31. The zero-order chi connectivity index (χ0) is 7.11. The van der Waals surface area contributed by atoms with E-state index in [0.29, 0.717) is 0 Å². The minimum atomic E-state index is -0.336. The summed E-state index contributed by atoms with van der Waals surface area (Å²) in [5, 5.41) is 8.31. The van der Waals surface area contributed by atoms with Crippen molar-refractivity contribution in [3.05, 3.63) is 12.1 Å². The van der Waals surface area contributed by atoms with E-state index in [1.54, 1.807) is 12.1 Å². The highest BCUT2D eigenvalue weighted by Crippen LogP contribution is 1.85. The molecular formula is C5H11BO3. The van der Waals surface area contributed by atoms with Gasteiger partial charge in [0.15, 0.2) is 0 Å². The van der Waals surface area contributed by atoms with Crippen molar-refractivity contribution in [2.45, 2.75) is 0 Å². The Kier molecular flexibility index (Phi) is 5.61. The fraction of sp³-hybridized carbons (Fsp3) is 0.600. The summed E-state index contributed by atoms with van der Waals surface area (Å²) in [5.41, 5.74) is 0. The molecule has 0 rings (SSSR count). The molecule has 0 aliphatic carbocycles. The Balaban J connectivity index is 3.41. The lowest BCUT2D eigenvalue weighted by Gasteiger charge is -2.00. The topological polar surface area (TPSA) is 38.7 Å². The summed E-state index contributed by atoms with van der Waals surface area (Å²) >= 11 is 0. The molecule has 0 fully saturated rings. The summed E-state index contributed by atoms with van der Waals surface area (Å²) in [4.78, 5) is 0. The van der Waals surface area contributed by atoms with E-state index in [0.717, 1.165) is 0 Å². The summed E-state index contributed by atoms with van der Waals surface area (Å²) in [6.07, 6.45) is 1.57. The second-order valence-electron chi connectivity index (χ2n) is 1.45. The van der Waals surface area contributed by atoms with Crippen molar-refractivity contribution in [3.63, 3.8) is 0 Å². The number of aliphatic hydroxyl groups is 1. The summed E-state index contributed by atoms with van der Waals surface area (Å²) in [6, 6.07) is 0. The van der Waals surface area contributed by atoms with Crippen molar-refractivity contribution in [1.82, 2.24) is 0 Å². The largest absolute Gasteiger partial charge is 0.485 e. The Morgan fingerprint density at radius 3 is 2.33 bits per heavy atom. The molecule has 0 spiro atoms. The van der Waals surface area contributed by atoms with E-state index in [1.165, 1.54) is 14.2 Å². The van der Waals surface area contributed by atoms with E-state index in [9.17, 15) is 0 Å². The van der Waals surface area contributed by atoms with Gasteiger partial charge in [-0.1, -0.05) is 12.1 Å². The fourth-order valence-corrected chi connectivity index (χ4v) is 0.425. The lowest BCUT2D eigenvalue weighted by Crippen LogP contribution is -2.15. The van der Waals surface area contributed by atoms with Crippen molar-refractivity contribution >= 4 is 7.12 Å². The van der Waals surface area contributed by atoms with E-state index >= 15 is 0 Å². The second kappa shape index (κ2) is 5.82. The Bertz CT molecular complexity index is 80.3. The second-order valence-corrected chi connectivity index (χ2v) is 1.45. The van der Waals surface area contributed by atoms with Crippen LogP contribution in [0.4, 0.5) is 0 Å². The van der Waals surface area contributed by atoms with Crippen LogP contribution in [0.1, 0.15) is 0 Å². The van der Waals surface area contributed by atoms with Gasteiger partial charge in [0, 0.05) is 14.2 Å². The third-order valence-electron chi connectivity index (χ3n) is 0.863. The normalized spacial score (nSPS) is 10.6. The van der Waals surface area contributed by atoms with E-state index in [1.807, 2.05) is 0 Å². The first kappa shape index (κ1) is 8.68. The molecule has 0 unspecified atom stereocenters. The van der Waals surface area contributed by atoms with Crippen LogP contribution < -0.4 is 0 Å². The molecule has 0 heterocycles. The number of rotatable bonds is 4. The molecule has 0 radical (unpaired) electrons. The highest BCUT2D eigenvalue weighted by Gasteiger charge is 2.06. The van der Waals surface area contributed by atoms with Crippen molar-refractivity contribution in [3.8, 4) is 0 Å². The van der Waals surface area contributed by atoms with E-state index in [2.05, 4.69) is 0 Å². The molecular weight excluding hydrogens is 119 g/mol. The van der Waals surface area contributed by atoms with Crippen LogP contribution in [-0.2, 0) is 9.31 Å². The van der Waals surface area contributed by atoms with Crippen LogP contribution in [0.5, 0.6) is 0 Å². The van der Waals surface area contributed by atoms with Gasteiger partial charge in [0.25, 0.3) is 0 Å². The van der Waals surface area contributed by atoms with Crippen molar-refractivity contribution < 1.29 is 14.4 Å². The highest BCUT2D eigenvalue weighted by atomic mass is 16.6. The van der Waals surface area contributed by atoms with Crippen LogP contribution in [-0.4, -0.2) is 33.1 Å². The van der Waals surface area contributed by atoms with Crippen LogP contribution >= 0.6 is 0 Å². The Hall–Kier alpha value is -0.315. The van der Waals surface area contributed by atoms with Gasteiger partial charge < -0.3 is 14.4 Å². The molecule has 1 N–H and O–H groups in total. The van der Waals surface area contributed by atoms with Crippen LogP contribution in [0.2, 0.25) is 0 Å². The Labute approximate surface area is 55.4 Å². The maximum Gasteiger partial charge on any atom is 0.485 e. The van der Waals surface area contributed by atoms with Crippen molar-refractivity contribution in [1.29, 1.82) is 0 Å². The SMILES string of the molecule is COB(/C=C/CO)OC. The summed E-state index contributed by atoms with van der Waals surface area (Å²) in [6.45, 7) is 0.0171. The van der Waals surface area contributed by atoms with Gasteiger partial charge in [-0.05, 0) is 0 Å². The molecule has 0 saturated heterocycles. The first-order chi connectivity index (χ1) is 4.35.